The summed E-state index contributed by atoms with van der Waals surface area (Å²) in [6, 6.07) is 30.7. The van der Waals surface area contributed by atoms with Gasteiger partial charge in [-0.1, -0.05) is 60.7 Å². The molecule has 360 valence electrons. The Morgan fingerprint density at radius 1 is 0.545 bits per heavy atom. The van der Waals surface area contributed by atoms with E-state index in [1.807, 2.05) is 92.6 Å². The van der Waals surface area contributed by atoms with Crippen LogP contribution in [0.3, 0.4) is 0 Å². The van der Waals surface area contributed by atoms with Crippen molar-refractivity contribution in [1.82, 2.24) is 13.5 Å². The Morgan fingerprint density at radius 2 is 0.985 bits per heavy atom. The molecule has 0 aliphatic carbocycles. The normalized spacial score (nSPS) is 15.4. The maximum Gasteiger partial charge on any atom is 0.243 e. The number of benzene rings is 5. The lowest BCUT2D eigenvalue weighted by atomic mass is 10.1. The van der Waals surface area contributed by atoms with Gasteiger partial charge in [0.2, 0.25) is 20.0 Å². The molecule has 1 aliphatic rings. The van der Waals surface area contributed by atoms with Gasteiger partial charge in [-0.15, -0.1) is 0 Å². The average molecular weight is 946 g/mol. The Labute approximate surface area is 393 Å². The standard InChI is InChI=1S/C50H71N7O7S2/c1-53(2)47-21-6-19-45-43(47)17-8-23-49(45)65(58,59)56-29-12-27-55(40-41-15-5-16-42(39-41)52-26-11-34-63-36-38-64-37-35-62-33-10-25-51)28-13-30-57(32-14-31-56)66(60,61)50-24-9-18-44-46(50)20-7-22-48(44)54(3)4/h5-9,15-24,39,52H,10-14,25-38,40,51H2,1-4H3. The summed E-state index contributed by atoms with van der Waals surface area (Å²) < 4.78 is 79.2. The fraction of sp³-hybridized carbons (Fsp3) is 0.480. The molecule has 0 radical (unpaired) electrons. The molecule has 0 spiro atoms. The lowest BCUT2D eigenvalue weighted by Gasteiger charge is -2.30. The monoisotopic (exact) mass is 945 g/mol. The van der Waals surface area contributed by atoms with Crippen LogP contribution in [0.4, 0.5) is 17.1 Å². The topological polar surface area (TPSA) is 150 Å². The van der Waals surface area contributed by atoms with Gasteiger partial charge in [0.15, 0.2) is 0 Å². The summed E-state index contributed by atoms with van der Waals surface area (Å²) in [7, 11) is -0.161. The van der Waals surface area contributed by atoms with Gasteiger partial charge in [0.25, 0.3) is 0 Å². The first-order valence-corrected chi connectivity index (χ1v) is 26.2. The molecule has 0 atom stereocenters. The van der Waals surface area contributed by atoms with E-state index in [0.29, 0.717) is 109 Å². The van der Waals surface area contributed by atoms with Crippen LogP contribution in [0.15, 0.2) is 107 Å². The van der Waals surface area contributed by atoms with Gasteiger partial charge in [-0.3, -0.25) is 4.90 Å². The molecule has 1 saturated heterocycles. The maximum atomic E-state index is 14.8. The Balaban J connectivity index is 1.17. The Morgan fingerprint density at radius 3 is 1.48 bits per heavy atom. The lowest BCUT2D eigenvalue weighted by Crippen LogP contribution is -2.40. The van der Waals surface area contributed by atoms with Crippen LogP contribution in [-0.2, 0) is 40.8 Å². The second-order valence-corrected chi connectivity index (χ2v) is 21.0. The van der Waals surface area contributed by atoms with Crippen molar-refractivity contribution in [2.24, 2.45) is 5.73 Å². The Kier molecular flexibility index (Phi) is 19.4. The number of ether oxygens (including phenoxy) is 3. The quantitative estimate of drug-likeness (QED) is 0.0712. The summed E-state index contributed by atoms with van der Waals surface area (Å²) in [5.41, 5.74) is 9.47. The summed E-state index contributed by atoms with van der Waals surface area (Å²) >= 11 is 0. The molecule has 0 unspecified atom stereocenters. The molecule has 0 bridgehead atoms. The molecule has 0 amide bonds. The molecule has 6 rings (SSSR count). The first kappa shape index (κ1) is 51.0. The lowest BCUT2D eigenvalue weighted by molar-refractivity contribution is 0.0144. The highest BCUT2D eigenvalue weighted by Gasteiger charge is 2.30. The van der Waals surface area contributed by atoms with Crippen LogP contribution >= 0.6 is 0 Å². The molecule has 1 heterocycles. The van der Waals surface area contributed by atoms with Gasteiger partial charge in [0, 0.05) is 119 Å². The number of hydrogen-bond acceptors (Lipinski definition) is 12. The number of nitrogens with two attached hydrogens (primary N) is 1. The van der Waals surface area contributed by atoms with Crippen molar-refractivity contribution >= 4 is 58.7 Å². The van der Waals surface area contributed by atoms with Crippen LogP contribution in [0, 0.1) is 0 Å². The summed E-state index contributed by atoms with van der Waals surface area (Å²) in [5, 5.41) is 6.57. The van der Waals surface area contributed by atoms with Crippen LogP contribution in [0.5, 0.6) is 0 Å². The van der Waals surface area contributed by atoms with Crippen molar-refractivity contribution in [2.75, 3.05) is 135 Å². The van der Waals surface area contributed by atoms with E-state index >= 15 is 0 Å². The summed E-state index contributed by atoms with van der Waals surface area (Å²) in [6.45, 7) is 7.65. The molecule has 3 N–H and O–H groups in total. The largest absolute Gasteiger partial charge is 0.385 e. The number of rotatable bonds is 22. The highest BCUT2D eigenvalue weighted by molar-refractivity contribution is 7.89. The molecule has 5 aromatic rings. The number of fused-ring (bicyclic) bond motifs is 2. The van der Waals surface area contributed by atoms with Gasteiger partial charge in [-0.2, -0.15) is 8.61 Å². The van der Waals surface area contributed by atoms with Crippen LogP contribution in [0.2, 0.25) is 0 Å². The van der Waals surface area contributed by atoms with Gasteiger partial charge in [0.1, 0.15) is 0 Å². The second-order valence-electron chi connectivity index (χ2n) is 17.2. The zero-order valence-corrected chi connectivity index (χ0v) is 41.0. The highest BCUT2D eigenvalue weighted by Crippen LogP contribution is 2.34. The first-order chi connectivity index (χ1) is 31.9. The molecular weight excluding hydrogens is 875 g/mol. The summed E-state index contributed by atoms with van der Waals surface area (Å²) in [4.78, 5) is 6.81. The summed E-state index contributed by atoms with van der Waals surface area (Å²) in [6.07, 6.45) is 3.26. The third kappa shape index (κ3) is 13.6. The number of nitrogens with one attached hydrogen (secondary N) is 1. The second kappa shape index (κ2) is 25.1. The van der Waals surface area contributed by atoms with E-state index in [1.165, 1.54) is 0 Å². The smallest absolute Gasteiger partial charge is 0.243 e. The SMILES string of the molecule is CN(C)c1cccc2c(S(=O)(=O)N3CCCN(Cc4cccc(NCCCOCCOCCOCCCN)c4)CCCN(S(=O)(=O)c4cccc5c(N(C)C)cccc45)CCC3)cccc12. The van der Waals surface area contributed by atoms with Crippen LogP contribution < -0.4 is 20.9 Å². The van der Waals surface area contributed by atoms with Crippen LogP contribution in [-0.4, -0.2) is 151 Å². The Bertz CT molecular complexity index is 2390. The fourth-order valence-corrected chi connectivity index (χ4v) is 12.0. The van der Waals surface area contributed by atoms with Crippen LogP contribution in [0.25, 0.3) is 21.5 Å². The third-order valence-corrected chi connectivity index (χ3v) is 15.8. The van der Waals surface area contributed by atoms with Gasteiger partial charge in [-0.05, 0) is 93.7 Å². The van der Waals surface area contributed by atoms with E-state index in [-0.39, 0.29) is 22.9 Å². The van der Waals surface area contributed by atoms with E-state index in [4.69, 9.17) is 19.9 Å². The minimum Gasteiger partial charge on any atom is -0.385 e. The minimum absolute atomic E-state index is 0.177. The van der Waals surface area contributed by atoms with Crippen molar-refractivity contribution in [1.29, 1.82) is 0 Å². The van der Waals surface area contributed by atoms with Gasteiger partial charge in [0.05, 0.1) is 36.2 Å². The van der Waals surface area contributed by atoms with Crippen LogP contribution in [0.1, 0.15) is 37.7 Å². The van der Waals surface area contributed by atoms with Gasteiger partial charge in [-0.25, -0.2) is 16.8 Å². The molecule has 16 heteroatoms. The van der Waals surface area contributed by atoms with Crippen molar-refractivity contribution in [3.63, 3.8) is 0 Å². The van der Waals surface area contributed by atoms with Gasteiger partial charge < -0.3 is 35.1 Å². The van der Waals surface area contributed by atoms with Gasteiger partial charge >= 0.3 is 0 Å². The Hall–Kier alpha value is -4.36. The fourth-order valence-electron chi connectivity index (χ4n) is 8.55. The highest BCUT2D eigenvalue weighted by atomic mass is 32.2. The minimum atomic E-state index is -3.98. The van der Waals surface area contributed by atoms with E-state index in [0.717, 1.165) is 52.8 Å². The van der Waals surface area contributed by atoms with E-state index in [9.17, 15) is 16.8 Å². The number of nitrogens with zero attached hydrogens (tertiary/aromatic N) is 5. The predicted molar refractivity (Wildman–Crippen MR) is 269 cm³/mol. The number of hydrogen-bond donors (Lipinski definition) is 2. The average Bonchev–Trinajstić information content (AvgIpc) is 3.30. The summed E-state index contributed by atoms with van der Waals surface area (Å²) in [5.74, 6) is 0. The molecule has 1 fully saturated rings. The molecule has 14 nitrogen and oxygen atoms in total. The van der Waals surface area contributed by atoms with E-state index in [1.54, 1.807) is 32.9 Å². The van der Waals surface area contributed by atoms with E-state index in [2.05, 4.69) is 28.4 Å². The molecular formula is C50H71N7O7S2. The van der Waals surface area contributed by atoms with Crippen molar-refractivity contribution in [2.45, 2.75) is 48.4 Å². The third-order valence-electron chi connectivity index (χ3n) is 11.9. The molecule has 0 saturated carbocycles. The molecule has 66 heavy (non-hydrogen) atoms. The first-order valence-electron chi connectivity index (χ1n) is 23.3. The van der Waals surface area contributed by atoms with Crippen molar-refractivity contribution in [3.8, 4) is 0 Å². The van der Waals surface area contributed by atoms with Crippen molar-refractivity contribution in [3.05, 3.63) is 103 Å². The molecule has 0 aromatic heterocycles. The number of sulfonamides is 2. The van der Waals surface area contributed by atoms with Crippen molar-refractivity contribution < 1.29 is 31.0 Å². The zero-order valence-electron chi connectivity index (χ0n) is 39.4. The molecule has 1 aliphatic heterocycles. The van der Waals surface area contributed by atoms with E-state index < -0.39 is 20.0 Å². The predicted octanol–water partition coefficient (Wildman–Crippen LogP) is 6.69. The maximum absolute atomic E-state index is 14.8. The number of anilines is 3. The zero-order chi connectivity index (χ0) is 46.9. The molecule has 5 aromatic carbocycles.